The van der Waals surface area contributed by atoms with Gasteiger partial charge in [0, 0.05) is 64.6 Å². The van der Waals surface area contributed by atoms with Gasteiger partial charge in [0.05, 0.1) is 36.6 Å². The predicted molar refractivity (Wildman–Crippen MR) is 174 cm³/mol. The fourth-order valence-electron chi connectivity index (χ4n) is 5.56. The van der Waals surface area contributed by atoms with Crippen LogP contribution in [0.15, 0.2) is 60.1 Å². The summed E-state index contributed by atoms with van der Waals surface area (Å²) >= 11 is 6.46. The number of sulfonamides is 1. The fraction of sp³-hybridized carbons (Fsp3) is 0.467. The standard InChI is InChI=1S/C30H41ClN8O3S/c1-37(43(3,40)41)27-8-6-4-5-7-25(27)34-29-24(31)20-33-30(36-29)35-26-10-9-23(19-28(26)42-2)39-15-11-22(12-16-39)21-38-17-13-32-14-18-38/h4,6-10,19-20,22,32H,5,11-18,21H2,1-3H3,(H2,33,34,35,36). The summed E-state index contributed by atoms with van der Waals surface area (Å²) in [5.74, 6) is 2.09. The molecule has 0 atom stereocenters. The zero-order valence-electron chi connectivity index (χ0n) is 25.0. The first-order chi connectivity index (χ1) is 20.7. The van der Waals surface area contributed by atoms with Crippen molar-refractivity contribution in [3.63, 3.8) is 0 Å². The second kappa shape index (κ2) is 14.0. The van der Waals surface area contributed by atoms with Crippen LogP contribution in [-0.2, 0) is 10.0 Å². The Morgan fingerprint density at radius 1 is 1.16 bits per heavy atom. The van der Waals surface area contributed by atoms with Crippen LogP contribution in [0.25, 0.3) is 0 Å². The number of hydrogen-bond acceptors (Lipinski definition) is 10. The van der Waals surface area contributed by atoms with Gasteiger partial charge in [0.15, 0.2) is 5.82 Å². The lowest BCUT2D eigenvalue weighted by atomic mass is 9.95. The third-order valence-corrected chi connectivity index (χ3v) is 9.56. The van der Waals surface area contributed by atoms with E-state index in [-0.39, 0.29) is 0 Å². The minimum Gasteiger partial charge on any atom is -0.494 e. The number of piperidine rings is 1. The van der Waals surface area contributed by atoms with Gasteiger partial charge in [-0.1, -0.05) is 29.8 Å². The molecule has 43 heavy (non-hydrogen) atoms. The number of ether oxygens (including phenoxy) is 1. The Bertz CT molecular complexity index is 1480. The number of benzene rings is 1. The molecule has 0 bridgehead atoms. The maximum Gasteiger partial charge on any atom is 0.232 e. The molecule has 2 fully saturated rings. The van der Waals surface area contributed by atoms with Crippen molar-refractivity contribution in [2.45, 2.75) is 19.3 Å². The van der Waals surface area contributed by atoms with E-state index >= 15 is 0 Å². The van der Waals surface area contributed by atoms with Gasteiger partial charge in [-0.05, 0) is 43.4 Å². The largest absolute Gasteiger partial charge is 0.494 e. The fourth-order valence-corrected chi connectivity index (χ4v) is 6.22. The summed E-state index contributed by atoms with van der Waals surface area (Å²) in [7, 11) is -0.319. The van der Waals surface area contributed by atoms with Crippen LogP contribution in [0.5, 0.6) is 5.75 Å². The summed E-state index contributed by atoms with van der Waals surface area (Å²) in [4.78, 5) is 14.0. The maximum absolute atomic E-state index is 12.3. The zero-order valence-corrected chi connectivity index (χ0v) is 26.6. The second-order valence-electron chi connectivity index (χ2n) is 11.1. The molecule has 1 aromatic heterocycles. The SMILES string of the molecule is COc1cc(N2CCC(CN3CCNCC3)CC2)ccc1Nc1ncc(Cl)c(NC2=CCC=CC=C2N(C)S(C)(=O)=O)n1. The third kappa shape index (κ3) is 7.99. The van der Waals surface area contributed by atoms with E-state index in [0.717, 1.165) is 62.8 Å². The first kappa shape index (κ1) is 31.1. The molecule has 2 aromatic rings. The quantitative estimate of drug-likeness (QED) is 0.356. The number of likely N-dealkylation sites (N-methyl/N-ethyl adjacent to an activating group) is 1. The number of aromatic nitrogens is 2. The number of nitrogens with zero attached hydrogens (tertiary/aromatic N) is 5. The molecule has 5 rings (SSSR count). The van der Waals surface area contributed by atoms with E-state index < -0.39 is 10.0 Å². The highest BCUT2D eigenvalue weighted by Gasteiger charge is 2.24. The second-order valence-corrected chi connectivity index (χ2v) is 13.5. The summed E-state index contributed by atoms with van der Waals surface area (Å²) in [6, 6.07) is 6.13. The van der Waals surface area contributed by atoms with E-state index in [2.05, 4.69) is 47.9 Å². The smallest absolute Gasteiger partial charge is 0.232 e. The Hall–Kier alpha value is -3.32. The van der Waals surface area contributed by atoms with Gasteiger partial charge in [-0.3, -0.25) is 4.31 Å². The molecule has 232 valence electrons. The normalized spacial score (nSPS) is 18.5. The number of methoxy groups -OCH3 is 1. The molecule has 0 amide bonds. The number of rotatable bonds is 10. The van der Waals surface area contributed by atoms with Crippen molar-refractivity contribution in [3.8, 4) is 5.75 Å². The topological polar surface area (TPSA) is 115 Å². The van der Waals surface area contributed by atoms with E-state index in [1.54, 1.807) is 13.2 Å². The molecule has 2 saturated heterocycles. The Morgan fingerprint density at radius 2 is 1.93 bits per heavy atom. The highest BCUT2D eigenvalue weighted by molar-refractivity contribution is 7.88. The van der Waals surface area contributed by atoms with Crippen molar-refractivity contribution in [3.05, 3.63) is 65.1 Å². The molecule has 0 unspecified atom stereocenters. The molecule has 3 heterocycles. The third-order valence-electron chi connectivity index (χ3n) is 8.10. The van der Waals surface area contributed by atoms with Crippen LogP contribution in [0.3, 0.4) is 0 Å². The molecule has 13 heteroatoms. The number of piperazine rings is 1. The lowest BCUT2D eigenvalue weighted by molar-refractivity contribution is 0.190. The van der Waals surface area contributed by atoms with Crippen LogP contribution in [0.1, 0.15) is 19.3 Å². The van der Waals surface area contributed by atoms with Crippen LogP contribution in [0, 0.1) is 5.92 Å². The molecular weight excluding hydrogens is 588 g/mol. The predicted octanol–water partition coefficient (Wildman–Crippen LogP) is 4.03. The lowest BCUT2D eigenvalue weighted by Crippen LogP contribution is -2.46. The lowest BCUT2D eigenvalue weighted by Gasteiger charge is -2.37. The van der Waals surface area contributed by atoms with Crippen LogP contribution in [-0.4, -0.2) is 93.8 Å². The average Bonchev–Trinajstić information content (AvgIpc) is 3.24. The molecule has 0 radical (unpaired) electrons. The zero-order chi connectivity index (χ0) is 30.4. The summed E-state index contributed by atoms with van der Waals surface area (Å²) in [6.07, 6.45) is 13.0. The first-order valence-corrected chi connectivity index (χ1v) is 16.9. The summed E-state index contributed by atoms with van der Waals surface area (Å²) in [5.41, 5.74) is 2.91. The number of allylic oxidation sites excluding steroid dienone is 4. The number of anilines is 4. The van der Waals surface area contributed by atoms with Crippen LogP contribution in [0.2, 0.25) is 5.02 Å². The maximum atomic E-state index is 12.3. The molecule has 1 aromatic carbocycles. The van der Waals surface area contributed by atoms with Gasteiger partial charge in [0.2, 0.25) is 16.0 Å². The molecule has 3 N–H and O–H groups in total. The van der Waals surface area contributed by atoms with Gasteiger partial charge in [0.1, 0.15) is 10.8 Å². The van der Waals surface area contributed by atoms with Gasteiger partial charge < -0.3 is 30.5 Å². The van der Waals surface area contributed by atoms with Crippen LogP contribution in [0.4, 0.5) is 23.1 Å². The van der Waals surface area contributed by atoms with Gasteiger partial charge >= 0.3 is 0 Å². The van der Waals surface area contributed by atoms with E-state index in [1.165, 1.54) is 36.9 Å². The van der Waals surface area contributed by atoms with E-state index in [1.807, 2.05) is 24.3 Å². The van der Waals surface area contributed by atoms with E-state index in [4.69, 9.17) is 16.3 Å². The summed E-state index contributed by atoms with van der Waals surface area (Å²) in [5, 5.41) is 10.2. The summed E-state index contributed by atoms with van der Waals surface area (Å²) < 4.78 is 31.5. The van der Waals surface area contributed by atoms with Crippen molar-refractivity contribution in [1.29, 1.82) is 0 Å². The monoisotopic (exact) mass is 628 g/mol. The summed E-state index contributed by atoms with van der Waals surface area (Å²) in [6.45, 7) is 7.73. The van der Waals surface area contributed by atoms with E-state index in [0.29, 0.717) is 40.4 Å². The highest BCUT2D eigenvalue weighted by Crippen LogP contribution is 2.34. The Labute approximate surface area is 259 Å². The van der Waals surface area contributed by atoms with Crippen molar-refractivity contribution < 1.29 is 13.2 Å². The minimum atomic E-state index is -3.48. The molecular formula is C30H41ClN8O3S. The van der Waals surface area contributed by atoms with Gasteiger partial charge in [-0.25, -0.2) is 13.4 Å². The molecule has 1 aliphatic carbocycles. The van der Waals surface area contributed by atoms with Crippen LogP contribution >= 0.6 is 11.6 Å². The molecule has 0 saturated carbocycles. The van der Waals surface area contributed by atoms with Gasteiger partial charge in [-0.15, -0.1) is 0 Å². The Balaban J connectivity index is 1.26. The number of halogens is 1. The van der Waals surface area contributed by atoms with Gasteiger partial charge in [0.25, 0.3) is 0 Å². The average molecular weight is 629 g/mol. The molecule has 2 aliphatic heterocycles. The van der Waals surface area contributed by atoms with Crippen molar-refractivity contribution in [2.24, 2.45) is 5.92 Å². The Kier molecular flexibility index (Phi) is 10.1. The first-order valence-electron chi connectivity index (χ1n) is 14.6. The number of nitrogens with one attached hydrogen (secondary N) is 3. The molecule has 0 spiro atoms. The van der Waals surface area contributed by atoms with Crippen molar-refractivity contribution >= 4 is 44.8 Å². The number of hydrogen-bond donors (Lipinski definition) is 3. The minimum absolute atomic E-state index is 0.299. The highest BCUT2D eigenvalue weighted by atomic mass is 35.5. The Morgan fingerprint density at radius 3 is 2.65 bits per heavy atom. The van der Waals surface area contributed by atoms with E-state index in [9.17, 15) is 8.42 Å². The van der Waals surface area contributed by atoms with Crippen molar-refractivity contribution in [2.75, 3.05) is 81.8 Å². The molecule has 3 aliphatic rings. The van der Waals surface area contributed by atoms with Gasteiger partial charge in [-0.2, -0.15) is 4.98 Å². The van der Waals surface area contributed by atoms with Crippen LogP contribution < -0.4 is 25.6 Å². The molecule has 11 nitrogen and oxygen atoms in total. The van der Waals surface area contributed by atoms with Crippen molar-refractivity contribution in [1.82, 2.24) is 24.5 Å².